The van der Waals surface area contributed by atoms with Gasteiger partial charge < -0.3 is 14.3 Å². The highest BCUT2D eigenvalue weighted by Crippen LogP contribution is 2.24. The van der Waals surface area contributed by atoms with E-state index in [1.54, 1.807) is 11.0 Å². The molecule has 0 saturated carbocycles. The lowest BCUT2D eigenvalue weighted by molar-refractivity contribution is -0.121. The zero-order valence-electron chi connectivity index (χ0n) is 16.5. The molecule has 160 valence electrons. The Labute approximate surface area is 174 Å². The normalized spacial score (nSPS) is 21.3. The van der Waals surface area contributed by atoms with Crippen molar-refractivity contribution < 1.29 is 22.5 Å². The molecule has 1 atom stereocenters. The number of benzene rings is 1. The van der Waals surface area contributed by atoms with E-state index in [0.717, 1.165) is 18.4 Å². The number of rotatable bonds is 3. The summed E-state index contributed by atoms with van der Waals surface area (Å²) in [5, 5.41) is 6.72. The molecule has 2 aliphatic heterocycles. The quantitative estimate of drug-likeness (QED) is 0.794. The molecule has 1 aromatic heterocycles. The fraction of sp³-hybridized carbons (Fsp3) is 0.450. The molecule has 3 amide bonds. The van der Waals surface area contributed by atoms with Crippen molar-refractivity contribution in [3.63, 3.8) is 0 Å². The predicted octanol–water partition coefficient (Wildman–Crippen LogP) is 1.99. The van der Waals surface area contributed by atoms with Crippen LogP contribution in [0.1, 0.15) is 19.3 Å². The van der Waals surface area contributed by atoms with Gasteiger partial charge in [-0.2, -0.15) is 0 Å². The number of amides is 3. The predicted molar refractivity (Wildman–Crippen MR) is 111 cm³/mol. The minimum absolute atomic E-state index is 0.0379. The molecule has 0 bridgehead atoms. The zero-order chi connectivity index (χ0) is 21.1. The summed E-state index contributed by atoms with van der Waals surface area (Å²) in [4.78, 5) is 28.9. The maximum absolute atomic E-state index is 13.0. The highest BCUT2D eigenvalue weighted by atomic mass is 32.2. The smallest absolute Gasteiger partial charge is 0.320 e. The van der Waals surface area contributed by atoms with Crippen LogP contribution in [0.25, 0.3) is 11.3 Å². The second-order valence-electron chi connectivity index (χ2n) is 7.56. The van der Waals surface area contributed by atoms with Crippen LogP contribution in [-0.2, 0) is 14.6 Å². The highest BCUT2D eigenvalue weighted by molar-refractivity contribution is 7.91. The number of carbonyl (C=O) groups excluding carboxylic acids is 2. The number of urea groups is 1. The average Bonchev–Trinajstić information content (AvgIpc) is 3.22. The van der Waals surface area contributed by atoms with Crippen LogP contribution in [0.5, 0.6) is 0 Å². The fourth-order valence-corrected chi connectivity index (χ4v) is 5.00. The van der Waals surface area contributed by atoms with Crippen LogP contribution in [0.2, 0.25) is 0 Å². The van der Waals surface area contributed by atoms with Gasteiger partial charge in [0.25, 0.3) is 0 Å². The number of aromatic nitrogens is 1. The van der Waals surface area contributed by atoms with Crippen molar-refractivity contribution in [2.75, 3.05) is 36.5 Å². The van der Waals surface area contributed by atoms with Gasteiger partial charge in [0, 0.05) is 31.3 Å². The number of hydrogen-bond acceptors (Lipinski definition) is 6. The zero-order valence-corrected chi connectivity index (χ0v) is 17.3. The molecule has 2 aromatic rings. The third-order valence-corrected chi connectivity index (χ3v) is 7.10. The number of nitrogens with zero attached hydrogens (tertiary/aromatic N) is 3. The summed E-state index contributed by atoms with van der Waals surface area (Å²) >= 11 is 0. The Hall–Kier alpha value is -2.88. The van der Waals surface area contributed by atoms with Crippen molar-refractivity contribution in [1.82, 2.24) is 15.0 Å². The van der Waals surface area contributed by atoms with Crippen LogP contribution in [-0.4, -0.2) is 72.5 Å². The van der Waals surface area contributed by atoms with Gasteiger partial charge in [-0.25, -0.2) is 13.2 Å². The molecular weight excluding hydrogens is 408 g/mol. The maximum Gasteiger partial charge on any atom is 0.320 e. The molecule has 4 rings (SSSR count). The summed E-state index contributed by atoms with van der Waals surface area (Å²) in [6, 6.07) is 10.2. The SMILES string of the molecule is O=C(Nc1cc(-c2ccccc2)no1)C1CCCCN1C(=O)N1CCS(=O)(=O)CC1. The minimum atomic E-state index is -3.08. The van der Waals surface area contributed by atoms with Crippen LogP contribution in [0, 0.1) is 0 Å². The van der Waals surface area contributed by atoms with E-state index in [4.69, 9.17) is 4.52 Å². The molecule has 0 radical (unpaired) electrons. The molecule has 2 fully saturated rings. The Morgan fingerprint density at radius 2 is 1.80 bits per heavy atom. The van der Waals surface area contributed by atoms with Gasteiger partial charge in [-0.1, -0.05) is 35.5 Å². The molecule has 30 heavy (non-hydrogen) atoms. The Balaban J connectivity index is 1.43. The summed E-state index contributed by atoms with van der Waals surface area (Å²) in [6.45, 7) is 0.787. The van der Waals surface area contributed by atoms with E-state index < -0.39 is 15.9 Å². The number of sulfone groups is 1. The van der Waals surface area contributed by atoms with E-state index in [2.05, 4.69) is 10.5 Å². The van der Waals surface area contributed by atoms with Gasteiger partial charge in [0.1, 0.15) is 11.7 Å². The topological polar surface area (TPSA) is 113 Å². The number of piperidine rings is 1. The van der Waals surface area contributed by atoms with Crippen molar-refractivity contribution in [3.8, 4) is 11.3 Å². The van der Waals surface area contributed by atoms with Crippen LogP contribution in [0.3, 0.4) is 0 Å². The number of hydrogen-bond donors (Lipinski definition) is 1. The lowest BCUT2D eigenvalue weighted by Gasteiger charge is -2.39. The number of carbonyl (C=O) groups is 2. The van der Waals surface area contributed by atoms with Gasteiger partial charge in [0.05, 0.1) is 11.5 Å². The molecule has 1 unspecified atom stereocenters. The summed E-state index contributed by atoms with van der Waals surface area (Å²) in [7, 11) is -3.08. The van der Waals surface area contributed by atoms with Crippen LogP contribution < -0.4 is 5.32 Å². The molecule has 0 spiro atoms. The Morgan fingerprint density at radius 1 is 1.07 bits per heavy atom. The average molecular weight is 433 g/mol. The van der Waals surface area contributed by atoms with Gasteiger partial charge in [-0.3, -0.25) is 10.1 Å². The molecule has 2 saturated heterocycles. The summed E-state index contributed by atoms with van der Waals surface area (Å²) in [6.07, 6.45) is 2.19. The van der Waals surface area contributed by atoms with Crippen LogP contribution >= 0.6 is 0 Å². The van der Waals surface area contributed by atoms with Crippen LogP contribution in [0.4, 0.5) is 10.7 Å². The van der Waals surface area contributed by atoms with Crippen LogP contribution in [0.15, 0.2) is 40.9 Å². The number of likely N-dealkylation sites (tertiary alicyclic amines) is 1. The Kier molecular flexibility index (Phi) is 5.76. The minimum Gasteiger partial charge on any atom is -0.338 e. The third kappa shape index (κ3) is 4.48. The van der Waals surface area contributed by atoms with E-state index in [1.165, 1.54) is 4.90 Å². The van der Waals surface area contributed by atoms with Crippen molar-refractivity contribution >= 4 is 27.7 Å². The lowest BCUT2D eigenvalue weighted by Crippen LogP contribution is -2.56. The maximum atomic E-state index is 13.0. The van der Waals surface area contributed by atoms with Gasteiger partial charge >= 0.3 is 6.03 Å². The second-order valence-corrected chi connectivity index (χ2v) is 9.86. The van der Waals surface area contributed by atoms with Gasteiger partial charge in [0.15, 0.2) is 9.84 Å². The number of nitrogens with one attached hydrogen (secondary N) is 1. The molecule has 1 N–H and O–H groups in total. The molecule has 3 heterocycles. The standard InChI is InChI=1S/C20H24N4O5S/c25-19(21-18-14-16(22-29-18)15-6-2-1-3-7-15)17-8-4-5-9-24(17)20(26)23-10-12-30(27,28)13-11-23/h1-3,6-7,14,17H,4-5,8-13H2,(H,21,25). The van der Waals surface area contributed by atoms with E-state index in [1.807, 2.05) is 30.3 Å². The first-order valence-corrected chi connectivity index (χ1v) is 11.8. The largest absolute Gasteiger partial charge is 0.338 e. The van der Waals surface area contributed by atoms with Crippen molar-refractivity contribution in [3.05, 3.63) is 36.4 Å². The molecule has 1 aromatic carbocycles. The van der Waals surface area contributed by atoms with Gasteiger partial charge in [-0.15, -0.1) is 0 Å². The van der Waals surface area contributed by atoms with E-state index in [0.29, 0.717) is 18.7 Å². The van der Waals surface area contributed by atoms with Crippen molar-refractivity contribution in [2.24, 2.45) is 0 Å². The second kappa shape index (κ2) is 8.47. The first-order chi connectivity index (χ1) is 14.4. The molecule has 0 aliphatic carbocycles. The monoisotopic (exact) mass is 432 g/mol. The highest BCUT2D eigenvalue weighted by Gasteiger charge is 2.36. The van der Waals surface area contributed by atoms with Crippen molar-refractivity contribution in [1.29, 1.82) is 0 Å². The Bertz CT molecular complexity index is 1010. The van der Waals surface area contributed by atoms with Gasteiger partial charge in [-0.05, 0) is 19.3 Å². The van der Waals surface area contributed by atoms with E-state index in [-0.39, 0.29) is 42.4 Å². The summed E-state index contributed by atoms with van der Waals surface area (Å²) in [5.74, 6) is -0.183. The molecule has 2 aliphatic rings. The Morgan fingerprint density at radius 3 is 2.53 bits per heavy atom. The lowest BCUT2D eigenvalue weighted by atomic mass is 10.0. The van der Waals surface area contributed by atoms with Gasteiger partial charge in [0.2, 0.25) is 11.8 Å². The van der Waals surface area contributed by atoms with E-state index >= 15 is 0 Å². The molecule has 9 nitrogen and oxygen atoms in total. The number of anilines is 1. The fourth-order valence-electron chi connectivity index (χ4n) is 3.80. The summed E-state index contributed by atoms with van der Waals surface area (Å²) < 4.78 is 28.5. The first kappa shape index (κ1) is 20.4. The molecular formula is C20H24N4O5S. The summed E-state index contributed by atoms with van der Waals surface area (Å²) in [5.41, 5.74) is 1.48. The molecule has 10 heteroatoms. The first-order valence-electron chi connectivity index (χ1n) is 10.0. The van der Waals surface area contributed by atoms with E-state index in [9.17, 15) is 18.0 Å². The van der Waals surface area contributed by atoms with Crippen molar-refractivity contribution in [2.45, 2.75) is 25.3 Å². The third-order valence-electron chi connectivity index (χ3n) is 5.49.